The maximum Gasteiger partial charge on any atom is 0.255 e. The van der Waals surface area contributed by atoms with Gasteiger partial charge in [0, 0.05) is 36.2 Å². The SMILES string of the molecule is CC1=C(C(=O)Nc2cccc(Cl)c2)[C@H](c2ccc(N(C)C)cc2)NC(=S)N1. The average Bonchev–Trinajstić information content (AvgIpc) is 2.61. The fourth-order valence-electron chi connectivity index (χ4n) is 2.97. The topological polar surface area (TPSA) is 56.4 Å². The summed E-state index contributed by atoms with van der Waals surface area (Å²) in [5.41, 5.74) is 3.99. The van der Waals surface area contributed by atoms with Crippen LogP contribution in [0.15, 0.2) is 59.8 Å². The number of amides is 1. The van der Waals surface area contributed by atoms with Crippen LogP contribution in [0.5, 0.6) is 0 Å². The molecule has 0 aromatic heterocycles. The molecule has 0 saturated carbocycles. The highest BCUT2D eigenvalue weighted by molar-refractivity contribution is 7.80. The molecule has 3 rings (SSSR count). The Bertz CT molecular complexity index is 908. The maximum atomic E-state index is 13.0. The summed E-state index contributed by atoms with van der Waals surface area (Å²) in [7, 11) is 3.97. The predicted molar refractivity (Wildman–Crippen MR) is 115 cm³/mol. The molecule has 1 aliphatic heterocycles. The van der Waals surface area contributed by atoms with Crippen molar-refractivity contribution in [2.45, 2.75) is 13.0 Å². The fraction of sp³-hybridized carbons (Fsp3) is 0.200. The Morgan fingerprint density at radius 2 is 1.89 bits per heavy atom. The zero-order chi connectivity index (χ0) is 19.6. The number of carbonyl (C=O) groups excluding carboxylic acids is 1. The van der Waals surface area contributed by atoms with Gasteiger partial charge in [-0.1, -0.05) is 29.8 Å². The number of hydrogen-bond acceptors (Lipinski definition) is 3. The van der Waals surface area contributed by atoms with Gasteiger partial charge in [-0.05, 0) is 55.0 Å². The summed E-state index contributed by atoms with van der Waals surface area (Å²) in [4.78, 5) is 15.0. The number of anilines is 2. The van der Waals surface area contributed by atoms with Crippen LogP contribution in [0.2, 0.25) is 5.02 Å². The zero-order valence-corrected chi connectivity index (χ0v) is 16.9. The molecular weight excluding hydrogens is 380 g/mol. The number of nitrogens with zero attached hydrogens (tertiary/aromatic N) is 1. The lowest BCUT2D eigenvalue weighted by Crippen LogP contribution is -2.45. The Kier molecular flexibility index (Phi) is 5.68. The quantitative estimate of drug-likeness (QED) is 0.681. The van der Waals surface area contributed by atoms with E-state index in [1.165, 1.54) is 0 Å². The molecular formula is C20H21ClN4OS. The van der Waals surface area contributed by atoms with Gasteiger partial charge in [0.25, 0.3) is 5.91 Å². The highest BCUT2D eigenvalue weighted by atomic mass is 35.5. The second-order valence-electron chi connectivity index (χ2n) is 6.52. The molecule has 1 aliphatic rings. The smallest absolute Gasteiger partial charge is 0.255 e. The minimum Gasteiger partial charge on any atom is -0.378 e. The maximum absolute atomic E-state index is 13.0. The number of halogens is 1. The molecule has 3 N–H and O–H groups in total. The molecule has 0 spiro atoms. The molecule has 0 radical (unpaired) electrons. The molecule has 2 aromatic carbocycles. The van der Waals surface area contributed by atoms with Gasteiger partial charge in [0.2, 0.25) is 0 Å². The zero-order valence-electron chi connectivity index (χ0n) is 15.3. The van der Waals surface area contributed by atoms with Gasteiger partial charge in [-0.15, -0.1) is 0 Å². The monoisotopic (exact) mass is 400 g/mol. The molecule has 1 atom stereocenters. The first-order valence-corrected chi connectivity index (χ1v) is 9.26. The van der Waals surface area contributed by atoms with Crippen LogP contribution in [0.3, 0.4) is 0 Å². The lowest BCUT2D eigenvalue weighted by Gasteiger charge is -2.30. The van der Waals surface area contributed by atoms with Crippen molar-refractivity contribution in [3.05, 3.63) is 70.4 Å². The summed E-state index contributed by atoms with van der Waals surface area (Å²) in [5.74, 6) is -0.209. The standard InChI is InChI=1S/C20H21ClN4OS/c1-12-17(19(26)23-15-6-4-5-14(21)11-15)18(24-20(27)22-12)13-7-9-16(10-8-13)25(2)3/h4-11,18H,1-3H3,(H,23,26)(H2,22,24,27)/t18-/m0/s1. The van der Waals surface area contributed by atoms with Gasteiger partial charge in [0.15, 0.2) is 5.11 Å². The molecule has 2 aromatic rings. The van der Waals surface area contributed by atoms with Crippen molar-refractivity contribution < 1.29 is 4.79 Å². The van der Waals surface area contributed by atoms with Crippen LogP contribution < -0.4 is 20.9 Å². The van der Waals surface area contributed by atoms with Gasteiger partial charge in [-0.2, -0.15) is 0 Å². The molecule has 27 heavy (non-hydrogen) atoms. The number of carbonyl (C=O) groups is 1. The Balaban J connectivity index is 1.92. The predicted octanol–water partition coefficient (Wildman–Crippen LogP) is 3.84. The molecule has 0 bridgehead atoms. The molecule has 5 nitrogen and oxygen atoms in total. The van der Waals surface area contributed by atoms with E-state index in [1.54, 1.807) is 24.3 Å². The minimum absolute atomic E-state index is 0.209. The number of nitrogens with one attached hydrogen (secondary N) is 3. The van der Waals surface area contributed by atoms with Gasteiger partial charge in [-0.3, -0.25) is 4.79 Å². The molecule has 1 heterocycles. The first kappa shape index (κ1) is 19.2. The third-order valence-electron chi connectivity index (χ3n) is 4.34. The summed E-state index contributed by atoms with van der Waals surface area (Å²) in [6.07, 6.45) is 0. The van der Waals surface area contributed by atoms with E-state index in [4.69, 9.17) is 23.8 Å². The van der Waals surface area contributed by atoms with Gasteiger partial charge in [0.05, 0.1) is 11.6 Å². The second kappa shape index (κ2) is 7.98. The van der Waals surface area contributed by atoms with E-state index in [-0.39, 0.29) is 11.9 Å². The highest BCUT2D eigenvalue weighted by Gasteiger charge is 2.30. The number of rotatable bonds is 4. The van der Waals surface area contributed by atoms with Gasteiger partial charge >= 0.3 is 0 Å². The lowest BCUT2D eigenvalue weighted by atomic mass is 9.94. The van der Waals surface area contributed by atoms with Crippen LogP contribution in [0.1, 0.15) is 18.5 Å². The minimum atomic E-state index is -0.339. The Morgan fingerprint density at radius 3 is 2.52 bits per heavy atom. The van der Waals surface area contributed by atoms with E-state index >= 15 is 0 Å². The van der Waals surface area contributed by atoms with E-state index in [1.807, 2.05) is 50.2 Å². The number of hydrogen-bond donors (Lipinski definition) is 3. The molecule has 7 heteroatoms. The van der Waals surface area contributed by atoms with Crippen LogP contribution in [0, 0.1) is 0 Å². The van der Waals surface area contributed by atoms with Crippen molar-refractivity contribution in [1.82, 2.24) is 10.6 Å². The fourth-order valence-corrected chi connectivity index (χ4v) is 3.44. The van der Waals surface area contributed by atoms with Crippen molar-refractivity contribution in [2.24, 2.45) is 0 Å². The molecule has 0 unspecified atom stereocenters. The van der Waals surface area contributed by atoms with Gasteiger partial charge in [0.1, 0.15) is 0 Å². The summed E-state index contributed by atoms with van der Waals surface area (Å²) < 4.78 is 0. The third kappa shape index (κ3) is 4.40. The van der Waals surface area contributed by atoms with E-state index < -0.39 is 0 Å². The molecule has 0 saturated heterocycles. The Labute approximate surface area is 169 Å². The van der Waals surface area contributed by atoms with Crippen LogP contribution in [-0.2, 0) is 4.79 Å². The highest BCUT2D eigenvalue weighted by Crippen LogP contribution is 2.29. The van der Waals surface area contributed by atoms with Crippen LogP contribution in [0.4, 0.5) is 11.4 Å². The summed E-state index contributed by atoms with van der Waals surface area (Å²) in [6.45, 7) is 1.85. The summed E-state index contributed by atoms with van der Waals surface area (Å²) in [6, 6.07) is 14.8. The molecule has 1 amide bonds. The largest absolute Gasteiger partial charge is 0.378 e. The van der Waals surface area contributed by atoms with Crippen LogP contribution >= 0.6 is 23.8 Å². The van der Waals surface area contributed by atoms with Crippen LogP contribution in [-0.4, -0.2) is 25.1 Å². The molecule has 140 valence electrons. The lowest BCUT2D eigenvalue weighted by molar-refractivity contribution is -0.113. The average molecular weight is 401 g/mol. The van der Waals surface area contributed by atoms with Gasteiger partial charge in [-0.25, -0.2) is 0 Å². The number of benzene rings is 2. The number of thiocarbonyl (C=S) groups is 1. The summed E-state index contributed by atoms with van der Waals surface area (Å²) in [5, 5.41) is 10.2. The van der Waals surface area contributed by atoms with E-state index in [2.05, 4.69) is 16.0 Å². The van der Waals surface area contributed by atoms with E-state index in [0.717, 1.165) is 16.9 Å². The van der Waals surface area contributed by atoms with Crippen molar-refractivity contribution >= 4 is 46.2 Å². The van der Waals surface area contributed by atoms with Crippen molar-refractivity contribution in [1.29, 1.82) is 0 Å². The summed E-state index contributed by atoms with van der Waals surface area (Å²) >= 11 is 11.3. The third-order valence-corrected chi connectivity index (χ3v) is 4.79. The van der Waals surface area contributed by atoms with Crippen molar-refractivity contribution in [3.63, 3.8) is 0 Å². The van der Waals surface area contributed by atoms with E-state index in [9.17, 15) is 4.79 Å². The number of allylic oxidation sites excluding steroid dienone is 1. The van der Waals surface area contributed by atoms with Gasteiger partial charge < -0.3 is 20.9 Å². The Morgan fingerprint density at radius 1 is 1.19 bits per heavy atom. The normalized spacial score (nSPS) is 16.4. The van der Waals surface area contributed by atoms with Crippen molar-refractivity contribution in [2.75, 3.05) is 24.3 Å². The molecule has 0 fully saturated rings. The first-order valence-electron chi connectivity index (χ1n) is 8.47. The molecule has 0 aliphatic carbocycles. The first-order chi connectivity index (χ1) is 12.8. The Hall–Kier alpha value is -2.57. The van der Waals surface area contributed by atoms with E-state index in [0.29, 0.717) is 21.4 Å². The van der Waals surface area contributed by atoms with Crippen molar-refractivity contribution in [3.8, 4) is 0 Å². The van der Waals surface area contributed by atoms with Crippen LogP contribution in [0.25, 0.3) is 0 Å². The second-order valence-corrected chi connectivity index (χ2v) is 7.37.